The van der Waals surface area contributed by atoms with Crippen molar-refractivity contribution in [2.45, 2.75) is 6.61 Å². The van der Waals surface area contributed by atoms with Crippen LogP contribution in [-0.2, 0) is 6.61 Å². The minimum absolute atomic E-state index is 0.140. The minimum atomic E-state index is -1.02. The Kier molecular flexibility index (Phi) is 5.09. The van der Waals surface area contributed by atoms with Gasteiger partial charge < -0.3 is 14.6 Å². The molecule has 0 atom stereocenters. The van der Waals surface area contributed by atoms with E-state index >= 15 is 0 Å². The van der Waals surface area contributed by atoms with E-state index in [1.807, 2.05) is 12.1 Å². The third-order valence-electron chi connectivity index (χ3n) is 2.81. The van der Waals surface area contributed by atoms with Crippen LogP contribution in [0.25, 0.3) is 0 Å². The van der Waals surface area contributed by atoms with Gasteiger partial charge in [-0.15, -0.1) is 0 Å². The van der Waals surface area contributed by atoms with Gasteiger partial charge in [-0.1, -0.05) is 33.6 Å². The van der Waals surface area contributed by atoms with E-state index in [-0.39, 0.29) is 12.2 Å². The van der Waals surface area contributed by atoms with Gasteiger partial charge in [0.1, 0.15) is 6.61 Å². The van der Waals surface area contributed by atoms with Crippen molar-refractivity contribution in [1.29, 1.82) is 0 Å². The van der Waals surface area contributed by atoms with Crippen molar-refractivity contribution >= 4 is 33.5 Å². The highest BCUT2D eigenvalue weighted by atomic mass is 79.9. The smallest absolute Gasteiger partial charge is 0.335 e. The first kappa shape index (κ1) is 15.7. The first-order valence-corrected chi connectivity index (χ1v) is 7.16. The Morgan fingerprint density at radius 2 is 2.00 bits per heavy atom. The van der Waals surface area contributed by atoms with Crippen LogP contribution in [0, 0.1) is 0 Å². The lowest BCUT2D eigenvalue weighted by atomic mass is 10.2. The predicted molar refractivity (Wildman–Crippen MR) is 83.4 cm³/mol. The molecule has 6 heteroatoms. The van der Waals surface area contributed by atoms with Gasteiger partial charge in [-0.05, 0) is 30.3 Å². The van der Waals surface area contributed by atoms with Crippen LogP contribution in [0.3, 0.4) is 0 Å². The Morgan fingerprint density at radius 3 is 2.62 bits per heavy atom. The fraction of sp³-hybridized carbons (Fsp3) is 0.133. The predicted octanol–water partition coefficient (Wildman–Crippen LogP) is 4.39. The van der Waals surface area contributed by atoms with E-state index in [2.05, 4.69) is 15.9 Å². The third kappa shape index (κ3) is 3.89. The van der Waals surface area contributed by atoms with Crippen molar-refractivity contribution in [3.63, 3.8) is 0 Å². The van der Waals surface area contributed by atoms with Gasteiger partial charge in [-0.2, -0.15) is 0 Å². The second-order valence-electron chi connectivity index (χ2n) is 4.20. The normalized spacial score (nSPS) is 10.2. The first-order valence-electron chi connectivity index (χ1n) is 5.99. The number of carboxylic acids is 1. The summed E-state index contributed by atoms with van der Waals surface area (Å²) in [5.41, 5.74) is 0.963. The summed E-state index contributed by atoms with van der Waals surface area (Å²) in [4.78, 5) is 10.9. The number of halogens is 2. The number of aromatic carboxylic acids is 1. The van der Waals surface area contributed by atoms with Crippen molar-refractivity contribution in [1.82, 2.24) is 0 Å². The largest absolute Gasteiger partial charge is 0.493 e. The molecule has 110 valence electrons. The molecular weight excluding hydrogens is 360 g/mol. The fourth-order valence-corrected chi connectivity index (χ4v) is 2.44. The summed E-state index contributed by atoms with van der Waals surface area (Å²) in [6.07, 6.45) is 0. The molecule has 0 spiro atoms. The molecule has 0 aliphatic rings. The molecule has 2 aromatic rings. The van der Waals surface area contributed by atoms with Crippen LogP contribution < -0.4 is 9.47 Å². The van der Waals surface area contributed by atoms with Crippen LogP contribution in [0.15, 0.2) is 40.9 Å². The molecule has 2 rings (SSSR count). The SMILES string of the molecule is COc1cc(C(=O)O)ccc1OCc1ccc(Br)cc1Cl. The Bertz CT molecular complexity index is 673. The van der Waals surface area contributed by atoms with Crippen molar-refractivity contribution < 1.29 is 19.4 Å². The second kappa shape index (κ2) is 6.83. The molecule has 0 saturated carbocycles. The molecule has 4 nitrogen and oxygen atoms in total. The zero-order chi connectivity index (χ0) is 15.4. The molecule has 21 heavy (non-hydrogen) atoms. The monoisotopic (exact) mass is 370 g/mol. The lowest BCUT2D eigenvalue weighted by Crippen LogP contribution is -2.01. The van der Waals surface area contributed by atoms with Crippen LogP contribution in [0.1, 0.15) is 15.9 Å². The van der Waals surface area contributed by atoms with Gasteiger partial charge in [0, 0.05) is 15.1 Å². The molecular formula is C15H12BrClO4. The molecule has 0 saturated heterocycles. The van der Waals surface area contributed by atoms with Crippen LogP contribution in [0.2, 0.25) is 5.02 Å². The number of benzene rings is 2. The summed E-state index contributed by atoms with van der Waals surface area (Å²) in [6.45, 7) is 0.259. The molecule has 0 amide bonds. The number of carboxylic acid groups (broad SMARTS) is 1. The molecule has 0 aromatic heterocycles. The molecule has 0 heterocycles. The van der Waals surface area contributed by atoms with Gasteiger partial charge in [-0.25, -0.2) is 4.79 Å². The van der Waals surface area contributed by atoms with Crippen LogP contribution in [0.4, 0.5) is 0 Å². The molecule has 1 N–H and O–H groups in total. The number of hydrogen-bond acceptors (Lipinski definition) is 3. The van der Waals surface area contributed by atoms with Gasteiger partial charge in [0.05, 0.1) is 12.7 Å². The van der Waals surface area contributed by atoms with E-state index in [9.17, 15) is 4.79 Å². The van der Waals surface area contributed by atoms with Crippen molar-refractivity contribution in [2.75, 3.05) is 7.11 Å². The lowest BCUT2D eigenvalue weighted by molar-refractivity contribution is 0.0696. The Hall–Kier alpha value is -1.72. The van der Waals surface area contributed by atoms with Crippen LogP contribution >= 0.6 is 27.5 Å². The van der Waals surface area contributed by atoms with Crippen molar-refractivity contribution in [3.05, 3.63) is 57.0 Å². The van der Waals surface area contributed by atoms with Crippen molar-refractivity contribution in [3.8, 4) is 11.5 Å². The molecule has 0 fully saturated rings. The molecule has 0 bridgehead atoms. The van der Waals surface area contributed by atoms with E-state index in [1.165, 1.54) is 19.2 Å². The zero-order valence-corrected chi connectivity index (χ0v) is 13.4. The number of carbonyl (C=O) groups is 1. The van der Waals surface area contributed by atoms with Gasteiger partial charge in [0.2, 0.25) is 0 Å². The number of ether oxygens (including phenoxy) is 2. The van der Waals surface area contributed by atoms with E-state index in [4.69, 9.17) is 26.2 Å². The van der Waals surface area contributed by atoms with E-state index < -0.39 is 5.97 Å². The fourth-order valence-electron chi connectivity index (χ4n) is 1.71. The highest BCUT2D eigenvalue weighted by Gasteiger charge is 2.11. The van der Waals surface area contributed by atoms with Crippen LogP contribution in [-0.4, -0.2) is 18.2 Å². The maximum absolute atomic E-state index is 10.9. The number of methoxy groups -OCH3 is 1. The van der Waals surface area contributed by atoms with Crippen molar-refractivity contribution in [2.24, 2.45) is 0 Å². The standard InChI is InChI=1S/C15H12BrClO4/c1-20-14-6-9(15(18)19)3-5-13(14)21-8-10-2-4-11(16)7-12(10)17/h2-7H,8H2,1H3,(H,18,19). The minimum Gasteiger partial charge on any atom is -0.493 e. The summed E-state index contributed by atoms with van der Waals surface area (Å²) >= 11 is 9.45. The average Bonchev–Trinajstić information content (AvgIpc) is 2.46. The highest BCUT2D eigenvalue weighted by Crippen LogP contribution is 2.30. The summed E-state index contributed by atoms with van der Waals surface area (Å²) in [5.74, 6) is -0.194. The first-order chi connectivity index (χ1) is 10.0. The highest BCUT2D eigenvalue weighted by molar-refractivity contribution is 9.10. The molecule has 0 unspecified atom stereocenters. The lowest BCUT2D eigenvalue weighted by Gasteiger charge is -2.12. The van der Waals surface area contributed by atoms with E-state index in [1.54, 1.807) is 12.1 Å². The van der Waals surface area contributed by atoms with Gasteiger partial charge in [0.15, 0.2) is 11.5 Å². The summed E-state index contributed by atoms with van der Waals surface area (Å²) in [5, 5.41) is 9.54. The van der Waals surface area contributed by atoms with E-state index in [0.717, 1.165) is 10.0 Å². The Morgan fingerprint density at radius 1 is 1.24 bits per heavy atom. The number of hydrogen-bond donors (Lipinski definition) is 1. The topological polar surface area (TPSA) is 55.8 Å². The van der Waals surface area contributed by atoms with Gasteiger partial charge in [-0.3, -0.25) is 0 Å². The average molecular weight is 372 g/mol. The third-order valence-corrected chi connectivity index (χ3v) is 3.65. The van der Waals surface area contributed by atoms with Gasteiger partial charge >= 0.3 is 5.97 Å². The summed E-state index contributed by atoms with van der Waals surface area (Å²) in [6, 6.07) is 9.95. The molecule has 0 aliphatic heterocycles. The zero-order valence-electron chi connectivity index (χ0n) is 11.1. The number of rotatable bonds is 5. The summed E-state index contributed by atoms with van der Waals surface area (Å²) < 4.78 is 11.7. The van der Waals surface area contributed by atoms with Gasteiger partial charge in [0.25, 0.3) is 0 Å². The Balaban J connectivity index is 2.17. The maximum atomic E-state index is 10.9. The maximum Gasteiger partial charge on any atom is 0.335 e. The van der Waals surface area contributed by atoms with Crippen LogP contribution in [0.5, 0.6) is 11.5 Å². The quantitative estimate of drug-likeness (QED) is 0.847. The molecule has 2 aromatic carbocycles. The second-order valence-corrected chi connectivity index (χ2v) is 5.52. The van der Waals surface area contributed by atoms with E-state index in [0.29, 0.717) is 16.5 Å². The molecule has 0 radical (unpaired) electrons. The Labute approximate surface area is 135 Å². The summed E-state index contributed by atoms with van der Waals surface area (Å²) in [7, 11) is 1.46. The molecule has 0 aliphatic carbocycles.